The maximum atomic E-state index is 5.83. The van der Waals surface area contributed by atoms with Crippen LogP contribution in [-0.2, 0) is 0 Å². The molecule has 0 aliphatic heterocycles. The van der Waals surface area contributed by atoms with Gasteiger partial charge in [-0.15, -0.1) is 0 Å². The summed E-state index contributed by atoms with van der Waals surface area (Å²) >= 11 is 0. The highest BCUT2D eigenvalue weighted by Crippen LogP contribution is 2.14. The molecule has 0 aromatic heterocycles. The topological polar surface area (TPSA) is 38.4 Å². The molecule has 0 radical (unpaired) electrons. The van der Waals surface area contributed by atoms with E-state index in [0.717, 1.165) is 12.3 Å². The van der Waals surface area contributed by atoms with Crippen molar-refractivity contribution in [3.63, 3.8) is 0 Å². The van der Waals surface area contributed by atoms with Crippen molar-refractivity contribution in [1.29, 1.82) is 0 Å². The highest BCUT2D eigenvalue weighted by atomic mass is 14.9. The van der Waals surface area contributed by atoms with E-state index < -0.39 is 0 Å². The van der Waals surface area contributed by atoms with Gasteiger partial charge in [-0.05, 0) is 13.3 Å². The Morgan fingerprint density at radius 3 is 2.25 bits per heavy atom. The van der Waals surface area contributed by atoms with Gasteiger partial charge in [-0.3, -0.25) is 4.99 Å². The van der Waals surface area contributed by atoms with E-state index in [0.29, 0.717) is 6.04 Å². The Morgan fingerprint density at radius 2 is 1.92 bits per heavy atom. The maximum Gasteiger partial charge on any atom is 0.0994 e. The Bertz CT molecular complexity index is 154. The highest BCUT2D eigenvalue weighted by molar-refractivity contribution is 5.85. The highest BCUT2D eigenvalue weighted by Gasteiger charge is 2.15. The molecule has 0 heterocycles. The van der Waals surface area contributed by atoms with Crippen LogP contribution in [0.3, 0.4) is 0 Å². The molecule has 12 heavy (non-hydrogen) atoms. The molecule has 2 heteroatoms. The molecule has 0 aromatic rings. The summed E-state index contributed by atoms with van der Waals surface area (Å²) in [4.78, 5) is 4.43. The van der Waals surface area contributed by atoms with Crippen molar-refractivity contribution < 1.29 is 0 Å². The molecule has 0 rings (SSSR count). The van der Waals surface area contributed by atoms with Crippen LogP contribution in [-0.4, -0.2) is 11.9 Å². The predicted molar refractivity (Wildman–Crippen MR) is 55.4 cm³/mol. The first-order valence-corrected chi connectivity index (χ1v) is 4.71. The van der Waals surface area contributed by atoms with Crippen LogP contribution in [0.25, 0.3) is 0 Å². The summed E-state index contributed by atoms with van der Waals surface area (Å²) in [5.41, 5.74) is 5.85. The molecule has 0 saturated heterocycles. The van der Waals surface area contributed by atoms with Gasteiger partial charge in [0.05, 0.1) is 5.84 Å². The molecule has 1 unspecified atom stereocenters. The van der Waals surface area contributed by atoms with Gasteiger partial charge in [-0.1, -0.05) is 34.1 Å². The lowest BCUT2D eigenvalue weighted by molar-refractivity contribution is 0.565. The normalized spacial score (nSPS) is 16.2. The number of hydrogen-bond acceptors (Lipinski definition) is 1. The van der Waals surface area contributed by atoms with E-state index in [2.05, 4.69) is 39.6 Å². The van der Waals surface area contributed by atoms with E-state index in [9.17, 15) is 0 Å². The van der Waals surface area contributed by atoms with Gasteiger partial charge in [0.15, 0.2) is 0 Å². The molecule has 0 aromatic carbocycles. The van der Waals surface area contributed by atoms with Gasteiger partial charge < -0.3 is 5.73 Å². The number of aliphatic imine (C=N–C) groups is 1. The van der Waals surface area contributed by atoms with Gasteiger partial charge in [-0.25, -0.2) is 0 Å². The quantitative estimate of drug-likeness (QED) is 0.513. The molecule has 2 N–H and O–H groups in total. The smallest absolute Gasteiger partial charge is 0.0994 e. The van der Waals surface area contributed by atoms with Gasteiger partial charge in [0, 0.05) is 11.5 Å². The second-order valence-electron chi connectivity index (χ2n) is 4.40. The lowest BCUT2D eigenvalue weighted by atomic mass is 9.95. The van der Waals surface area contributed by atoms with Crippen molar-refractivity contribution in [2.45, 2.75) is 53.5 Å². The van der Waals surface area contributed by atoms with E-state index >= 15 is 0 Å². The third-order valence-corrected chi connectivity index (χ3v) is 1.83. The van der Waals surface area contributed by atoms with Crippen molar-refractivity contribution >= 4 is 5.84 Å². The van der Waals surface area contributed by atoms with Crippen molar-refractivity contribution in [1.82, 2.24) is 0 Å². The Labute approximate surface area is 76.3 Å². The molecule has 0 aliphatic carbocycles. The van der Waals surface area contributed by atoms with Crippen molar-refractivity contribution in [2.75, 3.05) is 0 Å². The summed E-state index contributed by atoms with van der Waals surface area (Å²) in [6, 6.07) is 0.370. The summed E-state index contributed by atoms with van der Waals surface area (Å²) in [5.74, 6) is 0.767. The molecule has 0 fully saturated rings. The van der Waals surface area contributed by atoms with Crippen LogP contribution in [0.2, 0.25) is 0 Å². The Kier molecular flexibility index (Phi) is 4.29. The van der Waals surface area contributed by atoms with Crippen LogP contribution in [0.15, 0.2) is 4.99 Å². The molecule has 2 nitrogen and oxygen atoms in total. The Balaban J connectivity index is 4.16. The van der Waals surface area contributed by atoms with Crippen molar-refractivity contribution in [2.24, 2.45) is 16.1 Å². The van der Waals surface area contributed by atoms with Crippen LogP contribution in [0.4, 0.5) is 0 Å². The van der Waals surface area contributed by atoms with Crippen LogP contribution in [0.1, 0.15) is 47.5 Å². The fourth-order valence-electron chi connectivity index (χ4n) is 0.913. The Hall–Kier alpha value is -0.530. The van der Waals surface area contributed by atoms with Crippen LogP contribution in [0, 0.1) is 5.41 Å². The van der Waals surface area contributed by atoms with E-state index in [4.69, 9.17) is 5.73 Å². The van der Waals surface area contributed by atoms with Gasteiger partial charge in [0.1, 0.15) is 0 Å². The fraction of sp³-hybridized carbons (Fsp3) is 0.900. The summed E-state index contributed by atoms with van der Waals surface area (Å²) < 4.78 is 0. The second kappa shape index (κ2) is 4.48. The molecule has 0 bridgehead atoms. The van der Waals surface area contributed by atoms with Gasteiger partial charge in [0.2, 0.25) is 0 Å². The fourth-order valence-corrected chi connectivity index (χ4v) is 0.913. The molecule has 0 saturated carbocycles. The maximum absolute atomic E-state index is 5.83. The minimum absolute atomic E-state index is 0.0159. The standard InChI is InChI=1S/C10H22N2/c1-6-7-8(2)12-9(11)10(3,4)5/h8H,6-7H2,1-5H3,(H2,11,12). The predicted octanol–water partition coefficient (Wildman–Crippen LogP) is 2.58. The summed E-state index contributed by atoms with van der Waals surface area (Å²) in [6.45, 7) is 10.5. The monoisotopic (exact) mass is 170 g/mol. The largest absolute Gasteiger partial charge is 0.387 e. The number of hydrogen-bond donors (Lipinski definition) is 1. The first kappa shape index (κ1) is 11.5. The van der Waals surface area contributed by atoms with E-state index in [-0.39, 0.29) is 5.41 Å². The van der Waals surface area contributed by atoms with Gasteiger partial charge >= 0.3 is 0 Å². The third-order valence-electron chi connectivity index (χ3n) is 1.83. The third kappa shape index (κ3) is 4.37. The van der Waals surface area contributed by atoms with E-state index in [1.807, 2.05) is 0 Å². The first-order chi connectivity index (χ1) is 5.38. The summed E-state index contributed by atoms with van der Waals surface area (Å²) in [6.07, 6.45) is 2.29. The van der Waals surface area contributed by atoms with Crippen molar-refractivity contribution in [3.8, 4) is 0 Å². The number of nitrogens with zero attached hydrogens (tertiary/aromatic N) is 1. The minimum Gasteiger partial charge on any atom is -0.387 e. The average Bonchev–Trinajstić information content (AvgIpc) is 1.85. The lowest BCUT2D eigenvalue weighted by Gasteiger charge is -2.19. The second-order valence-corrected chi connectivity index (χ2v) is 4.40. The van der Waals surface area contributed by atoms with Crippen LogP contribution in [0.5, 0.6) is 0 Å². The van der Waals surface area contributed by atoms with E-state index in [1.54, 1.807) is 0 Å². The van der Waals surface area contributed by atoms with Gasteiger partial charge in [-0.2, -0.15) is 0 Å². The van der Waals surface area contributed by atoms with Crippen LogP contribution < -0.4 is 5.73 Å². The number of amidine groups is 1. The first-order valence-electron chi connectivity index (χ1n) is 4.71. The molecular weight excluding hydrogens is 148 g/mol. The molecular formula is C10H22N2. The summed E-state index contributed by atoms with van der Waals surface area (Å²) in [7, 11) is 0. The van der Waals surface area contributed by atoms with Gasteiger partial charge in [0.25, 0.3) is 0 Å². The van der Waals surface area contributed by atoms with E-state index in [1.165, 1.54) is 6.42 Å². The minimum atomic E-state index is 0.0159. The zero-order chi connectivity index (χ0) is 9.78. The van der Waals surface area contributed by atoms with Crippen LogP contribution >= 0.6 is 0 Å². The Morgan fingerprint density at radius 1 is 1.42 bits per heavy atom. The summed E-state index contributed by atoms with van der Waals surface area (Å²) in [5, 5.41) is 0. The molecule has 0 aliphatic rings. The number of nitrogens with two attached hydrogens (primary N) is 1. The molecule has 72 valence electrons. The van der Waals surface area contributed by atoms with Crippen molar-refractivity contribution in [3.05, 3.63) is 0 Å². The zero-order valence-corrected chi connectivity index (χ0v) is 9.02. The SMILES string of the molecule is CCCC(C)N=C(N)C(C)(C)C. The molecule has 0 amide bonds. The molecule has 0 spiro atoms. The lowest BCUT2D eigenvalue weighted by Crippen LogP contribution is -2.30. The average molecular weight is 170 g/mol. The molecule has 1 atom stereocenters. The zero-order valence-electron chi connectivity index (χ0n) is 9.02. The number of rotatable bonds is 3.